The van der Waals surface area contributed by atoms with Crippen molar-refractivity contribution in [3.63, 3.8) is 0 Å². The second-order valence-corrected chi connectivity index (χ2v) is 4.33. The van der Waals surface area contributed by atoms with Gasteiger partial charge in [-0.15, -0.1) is 0 Å². The van der Waals surface area contributed by atoms with Crippen LogP contribution in [0.2, 0.25) is 0 Å². The summed E-state index contributed by atoms with van der Waals surface area (Å²) in [6.45, 7) is 0.204. The number of aromatic nitrogens is 2. The first-order valence-corrected chi connectivity index (χ1v) is 5.82. The number of nitrogens with one attached hydrogen (secondary N) is 1. The summed E-state index contributed by atoms with van der Waals surface area (Å²) in [5.74, 6) is -0.195. The Labute approximate surface area is 106 Å². The monoisotopic (exact) mass is 331 g/mol. The fraction of sp³-hybridized carbons (Fsp3) is 0.200. The second-order valence-electron chi connectivity index (χ2n) is 3.23. The van der Waals surface area contributed by atoms with Gasteiger partial charge in [0.2, 0.25) is 0 Å². The average Bonchev–Trinajstić information content (AvgIpc) is 2.64. The van der Waals surface area contributed by atoms with Crippen LogP contribution in [-0.4, -0.2) is 33.6 Å². The maximum Gasteiger partial charge on any atom is 0.252 e. The molecule has 16 heavy (non-hydrogen) atoms. The van der Waals surface area contributed by atoms with E-state index in [4.69, 9.17) is 5.11 Å². The standard InChI is InChI=1S/C10H10IN3O2/c11-8-6-14-5-7(1-2-9(14)13-8)10(16)12-3-4-15/h1-2,5-6,15H,3-4H2,(H,12,16). The number of hydrogen-bond donors (Lipinski definition) is 2. The number of nitrogens with zero attached hydrogens (tertiary/aromatic N) is 2. The lowest BCUT2D eigenvalue weighted by molar-refractivity contribution is 0.0944. The molecule has 2 aromatic rings. The first kappa shape index (κ1) is 11.3. The smallest absolute Gasteiger partial charge is 0.252 e. The first-order valence-electron chi connectivity index (χ1n) is 4.74. The zero-order valence-corrected chi connectivity index (χ0v) is 10.5. The molecule has 0 saturated carbocycles. The summed E-state index contributed by atoms with van der Waals surface area (Å²) in [5.41, 5.74) is 1.36. The third-order valence-corrected chi connectivity index (χ3v) is 2.60. The minimum Gasteiger partial charge on any atom is -0.395 e. The van der Waals surface area contributed by atoms with E-state index in [0.717, 1.165) is 9.35 Å². The van der Waals surface area contributed by atoms with Crippen LogP contribution in [0.3, 0.4) is 0 Å². The van der Waals surface area contributed by atoms with Gasteiger partial charge in [-0.1, -0.05) is 0 Å². The van der Waals surface area contributed by atoms with E-state index in [1.54, 1.807) is 22.7 Å². The number of carbonyl (C=O) groups is 1. The molecule has 2 N–H and O–H groups in total. The van der Waals surface area contributed by atoms with Crippen LogP contribution in [0.1, 0.15) is 10.4 Å². The molecule has 0 atom stereocenters. The van der Waals surface area contributed by atoms with Gasteiger partial charge < -0.3 is 14.8 Å². The fourth-order valence-electron chi connectivity index (χ4n) is 1.37. The Morgan fingerprint density at radius 3 is 3.06 bits per heavy atom. The third-order valence-electron chi connectivity index (χ3n) is 2.08. The van der Waals surface area contributed by atoms with E-state index in [9.17, 15) is 4.79 Å². The number of halogens is 1. The molecule has 0 aliphatic rings. The van der Waals surface area contributed by atoms with E-state index in [1.807, 2.05) is 6.20 Å². The van der Waals surface area contributed by atoms with Gasteiger partial charge in [0, 0.05) is 18.9 Å². The van der Waals surface area contributed by atoms with Crippen molar-refractivity contribution in [3.8, 4) is 0 Å². The molecule has 0 saturated heterocycles. The molecule has 0 bridgehead atoms. The Morgan fingerprint density at radius 2 is 2.31 bits per heavy atom. The van der Waals surface area contributed by atoms with Crippen molar-refractivity contribution in [3.05, 3.63) is 33.8 Å². The highest BCUT2D eigenvalue weighted by Crippen LogP contribution is 2.09. The zero-order valence-electron chi connectivity index (χ0n) is 8.35. The van der Waals surface area contributed by atoms with E-state index in [0.29, 0.717) is 5.56 Å². The van der Waals surface area contributed by atoms with Crippen molar-refractivity contribution < 1.29 is 9.90 Å². The molecule has 0 aliphatic heterocycles. The summed E-state index contributed by atoms with van der Waals surface area (Å²) in [6, 6.07) is 3.50. The van der Waals surface area contributed by atoms with E-state index >= 15 is 0 Å². The van der Waals surface area contributed by atoms with Gasteiger partial charge in [-0.05, 0) is 34.7 Å². The van der Waals surface area contributed by atoms with Gasteiger partial charge in [0.25, 0.3) is 5.91 Å². The molecular formula is C10H10IN3O2. The molecule has 2 aromatic heterocycles. The van der Waals surface area contributed by atoms with Crippen LogP contribution >= 0.6 is 22.6 Å². The molecule has 0 aliphatic carbocycles. The van der Waals surface area contributed by atoms with Gasteiger partial charge in [0.15, 0.2) is 0 Å². The van der Waals surface area contributed by atoms with Crippen molar-refractivity contribution in [2.45, 2.75) is 0 Å². The maximum atomic E-state index is 11.6. The molecule has 2 heterocycles. The Bertz CT molecular complexity index is 524. The van der Waals surface area contributed by atoms with Crippen LogP contribution in [0.5, 0.6) is 0 Å². The van der Waals surface area contributed by atoms with Crippen molar-refractivity contribution >= 4 is 34.1 Å². The second kappa shape index (κ2) is 4.79. The third kappa shape index (κ3) is 2.33. The van der Waals surface area contributed by atoms with E-state index in [2.05, 4.69) is 32.9 Å². The lowest BCUT2D eigenvalue weighted by atomic mass is 10.2. The van der Waals surface area contributed by atoms with Crippen molar-refractivity contribution in [2.75, 3.05) is 13.2 Å². The summed E-state index contributed by atoms with van der Waals surface area (Å²) in [7, 11) is 0. The summed E-state index contributed by atoms with van der Waals surface area (Å²) in [4.78, 5) is 15.8. The highest BCUT2D eigenvalue weighted by atomic mass is 127. The van der Waals surface area contributed by atoms with E-state index in [1.165, 1.54) is 0 Å². The predicted octanol–water partition coefficient (Wildman–Crippen LogP) is 0.661. The SMILES string of the molecule is O=C(NCCO)c1ccc2nc(I)cn2c1. The molecule has 6 heteroatoms. The molecule has 5 nitrogen and oxygen atoms in total. The van der Waals surface area contributed by atoms with Gasteiger partial charge in [-0.3, -0.25) is 4.79 Å². The van der Waals surface area contributed by atoms with Crippen LogP contribution in [0.25, 0.3) is 5.65 Å². The number of aliphatic hydroxyl groups excluding tert-OH is 1. The van der Waals surface area contributed by atoms with Crippen LogP contribution in [0, 0.1) is 3.70 Å². The Balaban J connectivity index is 2.28. The first-order chi connectivity index (χ1) is 7.70. The van der Waals surface area contributed by atoms with Crippen molar-refractivity contribution in [2.24, 2.45) is 0 Å². The van der Waals surface area contributed by atoms with Gasteiger partial charge in [0.1, 0.15) is 9.35 Å². The Kier molecular flexibility index (Phi) is 3.39. The van der Waals surface area contributed by atoms with Crippen molar-refractivity contribution in [1.29, 1.82) is 0 Å². The summed E-state index contributed by atoms with van der Waals surface area (Å²) in [5, 5.41) is 11.2. The summed E-state index contributed by atoms with van der Waals surface area (Å²) >= 11 is 2.12. The Hall–Kier alpha value is -1.15. The minimum atomic E-state index is -0.195. The molecule has 84 valence electrons. The zero-order chi connectivity index (χ0) is 11.5. The van der Waals surface area contributed by atoms with Gasteiger partial charge in [0.05, 0.1) is 12.2 Å². The molecular weight excluding hydrogens is 321 g/mol. The quantitative estimate of drug-likeness (QED) is 0.812. The maximum absolute atomic E-state index is 11.6. The molecule has 2 rings (SSSR count). The number of carbonyl (C=O) groups excluding carboxylic acids is 1. The van der Waals surface area contributed by atoms with Crippen LogP contribution in [-0.2, 0) is 0 Å². The molecule has 0 spiro atoms. The van der Waals surface area contributed by atoms with E-state index in [-0.39, 0.29) is 19.1 Å². The number of amides is 1. The lowest BCUT2D eigenvalue weighted by Gasteiger charge is -2.03. The number of imidazole rings is 1. The fourth-order valence-corrected chi connectivity index (χ4v) is 1.91. The Morgan fingerprint density at radius 1 is 1.50 bits per heavy atom. The number of pyridine rings is 1. The average molecular weight is 331 g/mol. The normalized spacial score (nSPS) is 10.6. The molecule has 1 amide bonds. The molecule has 0 radical (unpaired) electrons. The number of hydrogen-bond acceptors (Lipinski definition) is 3. The van der Waals surface area contributed by atoms with Crippen molar-refractivity contribution in [1.82, 2.24) is 14.7 Å². The van der Waals surface area contributed by atoms with Crippen LogP contribution in [0.15, 0.2) is 24.5 Å². The van der Waals surface area contributed by atoms with Gasteiger partial charge in [-0.2, -0.15) is 0 Å². The van der Waals surface area contributed by atoms with Crippen LogP contribution < -0.4 is 5.32 Å². The minimum absolute atomic E-state index is 0.0586. The summed E-state index contributed by atoms with van der Waals surface area (Å²) in [6.07, 6.45) is 3.57. The molecule has 0 unspecified atom stereocenters. The molecule has 0 fully saturated rings. The van der Waals surface area contributed by atoms with Gasteiger partial charge >= 0.3 is 0 Å². The van der Waals surface area contributed by atoms with E-state index < -0.39 is 0 Å². The van der Waals surface area contributed by atoms with Crippen LogP contribution in [0.4, 0.5) is 0 Å². The topological polar surface area (TPSA) is 66.6 Å². The number of rotatable bonds is 3. The molecule has 0 aromatic carbocycles. The number of fused-ring (bicyclic) bond motifs is 1. The van der Waals surface area contributed by atoms with Gasteiger partial charge in [-0.25, -0.2) is 4.98 Å². The lowest BCUT2D eigenvalue weighted by Crippen LogP contribution is -2.26. The number of aliphatic hydroxyl groups is 1. The highest BCUT2D eigenvalue weighted by Gasteiger charge is 2.06. The summed E-state index contributed by atoms with van der Waals surface area (Å²) < 4.78 is 2.68. The predicted molar refractivity (Wildman–Crippen MR) is 67.3 cm³/mol. The highest BCUT2D eigenvalue weighted by molar-refractivity contribution is 14.1. The largest absolute Gasteiger partial charge is 0.395 e.